The average molecular weight is 588 g/mol. The number of H-pyrrole nitrogens is 1. The zero-order chi connectivity index (χ0) is 30.4. The number of rotatable bonds is 17. The van der Waals surface area contributed by atoms with Crippen LogP contribution in [-0.4, -0.2) is 46.1 Å². The molecule has 3 aromatic carbocycles. The van der Waals surface area contributed by atoms with Gasteiger partial charge >= 0.3 is 6.09 Å². The second-order valence-corrected chi connectivity index (χ2v) is 10.7. The van der Waals surface area contributed by atoms with E-state index in [1.54, 1.807) is 24.3 Å². The number of amides is 1. The van der Waals surface area contributed by atoms with Crippen LogP contribution in [0.4, 0.5) is 10.5 Å². The number of unbranched alkanes of at least 4 members (excludes halogenated alkanes) is 6. The summed E-state index contributed by atoms with van der Waals surface area (Å²) in [6.07, 6.45) is 5.84. The van der Waals surface area contributed by atoms with E-state index in [-0.39, 0.29) is 17.9 Å². The van der Waals surface area contributed by atoms with Gasteiger partial charge in [0.1, 0.15) is 11.5 Å². The molecule has 0 saturated heterocycles. The summed E-state index contributed by atoms with van der Waals surface area (Å²) in [6, 6.07) is 22.9. The van der Waals surface area contributed by atoms with Gasteiger partial charge in [0.2, 0.25) is 5.56 Å². The number of nitrogens with one attached hydrogen (secondary N) is 2. The number of phenolic OH excluding ortho intramolecular Hbond substituents is 1. The fourth-order valence-electron chi connectivity index (χ4n) is 5.10. The van der Waals surface area contributed by atoms with Gasteiger partial charge in [-0.3, -0.25) is 9.69 Å². The highest BCUT2D eigenvalue weighted by molar-refractivity contribution is 5.87. The molecule has 0 fully saturated rings. The molecule has 1 unspecified atom stereocenters. The molecule has 0 saturated carbocycles. The Morgan fingerprint density at radius 2 is 1.63 bits per heavy atom. The van der Waals surface area contributed by atoms with Crippen LogP contribution in [0.25, 0.3) is 10.9 Å². The molecular formula is C34H41N3O6. The van der Waals surface area contributed by atoms with E-state index in [0.717, 1.165) is 57.1 Å². The molecule has 1 aromatic heterocycles. The molecule has 0 aliphatic heterocycles. The molecular weight excluding hydrogens is 546 g/mol. The van der Waals surface area contributed by atoms with Gasteiger partial charge in [-0.15, -0.1) is 0 Å². The van der Waals surface area contributed by atoms with Crippen LogP contribution < -0.4 is 20.5 Å². The summed E-state index contributed by atoms with van der Waals surface area (Å²) in [5.41, 5.74) is 2.22. The van der Waals surface area contributed by atoms with Gasteiger partial charge < -0.3 is 30.4 Å². The van der Waals surface area contributed by atoms with Crippen molar-refractivity contribution in [2.75, 3.05) is 24.6 Å². The Balaban J connectivity index is 1.06. The summed E-state index contributed by atoms with van der Waals surface area (Å²) in [4.78, 5) is 27.4. The van der Waals surface area contributed by atoms with Crippen molar-refractivity contribution in [1.29, 1.82) is 0 Å². The Morgan fingerprint density at radius 1 is 0.884 bits per heavy atom. The Bertz CT molecular complexity index is 1510. The molecule has 4 aromatic rings. The van der Waals surface area contributed by atoms with Crippen molar-refractivity contribution in [1.82, 2.24) is 10.3 Å². The number of aromatic amines is 1. The number of fused-ring (bicyclic) bond motifs is 1. The molecule has 1 heterocycles. The van der Waals surface area contributed by atoms with Crippen molar-refractivity contribution in [3.63, 3.8) is 0 Å². The minimum absolute atomic E-state index is 0.0156. The SMILES string of the molecule is O=C(O)N(Cc1ccccc1)c1cccc(OCCCCCCCCCNCC(O)c2ccc(O)c3[nH]c(=O)ccc23)c1. The molecule has 0 radical (unpaired) electrons. The Morgan fingerprint density at radius 3 is 2.40 bits per heavy atom. The number of ether oxygens (including phenoxy) is 1. The second-order valence-electron chi connectivity index (χ2n) is 10.7. The van der Waals surface area contributed by atoms with Crippen molar-refractivity contribution in [2.24, 2.45) is 0 Å². The van der Waals surface area contributed by atoms with Crippen LogP contribution in [0.5, 0.6) is 11.5 Å². The van der Waals surface area contributed by atoms with Crippen LogP contribution in [0.3, 0.4) is 0 Å². The van der Waals surface area contributed by atoms with Crippen LogP contribution in [0.15, 0.2) is 83.7 Å². The van der Waals surface area contributed by atoms with Crippen molar-refractivity contribution in [2.45, 2.75) is 57.6 Å². The minimum atomic E-state index is -1.00. The fourth-order valence-corrected chi connectivity index (χ4v) is 5.10. The number of aliphatic hydroxyl groups is 1. The van der Waals surface area contributed by atoms with Gasteiger partial charge in [0, 0.05) is 24.1 Å². The lowest BCUT2D eigenvalue weighted by Crippen LogP contribution is -2.28. The lowest BCUT2D eigenvalue weighted by Gasteiger charge is -2.20. The van der Waals surface area contributed by atoms with E-state index in [1.807, 2.05) is 42.5 Å². The summed E-state index contributed by atoms with van der Waals surface area (Å²) in [5, 5.41) is 34.3. The number of phenols is 1. The van der Waals surface area contributed by atoms with Crippen molar-refractivity contribution in [3.8, 4) is 11.5 Å². The lowest BCUT2D eigenvalue weighted by molar-refractivity contribution is 0.176. The third-order valence-corrected chi connectivity index (χ3v) is 7.41. The number of aliphatic hydroxyl groups excluding tert-OH is 1. The largest absolute Gasteiger partial charge is 0.506 e. The molecule has 0 aliphatic carbocycles. The van der Waals surface area contributed by atoms with Crippen LogP contribution in [-0.2, 0) is 6.54 Å². The summed E-state index contributed by atoms with van der Waals surface area (Å²) in [6.45, 7) is 2.07. The molecule has 9 nitrogen and oxygen atoms in total. The lowest BCUT2D eigenvalue weighted by atomic mass is 10.0. The molecule has 5 N–H and O–H groups in total. The van der Waals surface area contributed by atoms with E-state index < -0.39 is 12.2 Å². The molecule has 9 heteroatoms. The highest BCUT2D eigenvalue weighted by Crippen LogP contribution is 2.28. The molecule has 1 atom stereocenters. The van der Waals surface area contributed by atoms with Crippen LogP contribution in [0, 0.1) is 0 Å². The Labute approximate surface area is 251 Å². The summed E-state index contributed by atoms with van der Waals surface area (Å²) >= 11 is 0. The van der Waals surface area contributed by atoms with E-state index in [2.05, 4.69) is 10.3 Å². The quantitative estimate of drug-likeness (QED) is 0.0909. The monoisotopic (exact) mass is 587 g/mol. The summed E-state index contributed by atoms with van der Waals surface area (Å²) < 4.78 is 5.91. The van der Waals surface area contributed by atoms with E-state index in [1.165, 1.54) is 17.0 Å². The maximum atomic E-state index is 11.9. The minimum Gasteiger partial charge on any atom is -0.506 e. The standard InChI is InChI=1S/C34H41N3O6/c38-30-18-16-28(29-17-19-32(40)36-33(29)30)31(39)23-35-20-9-4-2-1-3-5-10-21-43-27-15-11-14-26(22-27)37(34(41)42)24-25-12-7-6-8-13-25/h6-8,11-19,22,31,35,38-39H,1-5,9-10,20-21,23-24H2,(H,36,40)(H,41,42). The number of hydrogen-bond donors (Lipinski definition) is 5. The topological polar surface area (TPSA) is 135 Å². The van der Waals surface area contributed by atoms with Crippen molar-refractivity contribution >= 4 is 22.7 Å². The number of aromatic hydroxyl groups is 1. The maximum Gasteiger partial charge on any atom is 0.412 e. The third kappa shape index (κ3) is 9.59. The second kappa shape index (κ2) is 16.3. The maximum absolute atomic E-state index is 11.9. The van der Waals surface area contributed by atoms with Gasteiger partial charge in [0.25, 0.3) is 0 Å². The first-order chi connectivity index (χ1) is 20.9. The highest BCUT2D eigenvalue weighted by atomic mass is 16.5. The first kappa shape index (κ1) is 31.6. The number of carbonyl (C=O) groups is 1. The Hall–Kier alpha value is -4.34. The first-order valence-electron chi connectivity index (χ1n) is 14.9. The van der Waals surface area contributed by atoms with Crippen LogP contribution in [0.2, 0.25) is 0 Å². The number of aromatic nitrogens is 1. The van der Waals surface area contributed by atoms with Gasteiger partial charge in [-0.05, 0) is 54.8 Å². The number of pyridine rings is 1. The molecule has 228 valence electrons. The van der Waals surface area contributed by atoms with Crippen LogP contribution in [0.1, 0.15) is 62.2 Å². The van der Waals surface area contributed by atoms with Crippen LogP contribution >= 0.6 is 0 Å². The number of benzene rings is 3. The normalized spacial score (nSPS) is 11.8. The molecule has 0 aliphatic rings. The third-order valence-electron chi connectivity index (χ3n) is 7.41. The zero-order valence-electron chi connectivity index (χ0n) is 24.4. The molecule has 43 heavy (non-hydrogen) atoms. The van der Waals surface area contributed by atoms with E-state index in [9.17, 15) is 24.9 Å². The summed E-state index contributed by atoms with van der Waals surface area (Å²) in [5.74, 6) is 0.654. The number of anilines is 1. The van der Waals surface area contributed by atoms with Gasteiger partial charge in [-0.1, -0.05) is 74.6 Å². The Kier molecular flexibility index (Phi) is 12.0. The first-order valence-corrected chi connectivity index (χ1v) is 14.9. The van der Waals surface area contributed by atoms with Gasteiger partial charge in [0.15, 0.2) is 0 Å². The molecule has 0 spiro atoms. The van der Waals surface area contributed by atoms with E-state index in [0.29, 0.717) is 41.1 Å². The molecule has 1 amide bonds. The van der Waals surface area contributed by atoms with Gasteiger partial charge in [-0.2, -0.15) is 0 Å². The van der Waals surface area contributed by atoms with E-state index in [4.69, 9.17) is 4.74 Å². The highest BCUT2D eigenvalue weighted by Gasteiger charge is 2.16. The van der Waals surface area contributed by atoms with Crippen molar-refractivity contribution < 1.29 is 24.9 Å². The predicted molar refractivity (Wildman–Crippen MR) is 169 cm³/mol. The smallest absolute Gasteiger partial charge is 0.412 e. The van der Waals surface area contributed by atoms with Gasteiger partial charge in [0.05, 0.1) is 30.5 Å². The molecule has 4 rings (SSSR count). The zero-order valence-corrected chi connectivity index (χ0v) is 24.4. The number of hydrogen-bond acceptors (Lipinski definition) is 6. The van der Waals surface area contributed by atoms with Crippen molar-refractivity contribution in [3.05, 3.63) is 100 Å². The fraction of sp³-hybridized carbons (Fsp3) is 0.353. The molecule has 0 bridgehead atoms. The van der Waals surface area contributed by atoms with Gasteiger partial charge in [-0.25, -0.2) is 4.79 Å². The predicted octanol–water partition coefficient (Wildman–Crippen LogP) is 6.35. The number of nitrogens with zero attached hydrogens (tertiary/aromatic N) is 1. The number of carboxylic acid groups (broad SMARTS) is 1. The average Bonchev–Trinajstić information content (AvgIpc) is 3.01. The van der Waals surface area contributed by atoms with E-state index >= 15 is 0 Å². The summed E-state index contributed by atoms with van der Waals surface area (Å²) in [7, 11) is 0.